The van der Waals surface area contributed by atoms with Gasteiger partial charge in [-0.3, -0.25) is 4.99 Å². The maximum absolute atomic E-state index is 4.29. The van der Waals surface area contributed by atoms with E-state index in [4.69, 9.17) is 0 Å². The lowest BCUT2D eigenvalue weighted by Crippen LogP contribution is -2.02. The first kappa shape index (κ1) is 11.3. The van der Waals surface area contributed by atoms with Gasteiger partial charge in [-0.25, -0.2) is 0 Å². The van der Waals surface area contributed by atoms with Crippen LogP contribution in [0.2, 0.25) is 0 Å². The van der Waals surface area contributed by atoms with Crippen molar-refractivity contribution in [3.05, 3.63) is 34.8 Å². The monoisotopic (exact) mass is 207 g/mol. The number of aliphatic imine (C=N–C) groups is 1. The van der Waals surface area contributed by atoms with Crippen molar-refractivity contribution in [1.82, 2.24) is 0 Å². The molecule has 0 radical (unpaired) electrons. The molecule has 2 heteroatoms. The van der Waals surface area contributed by atoms with Gasteiger partial charge in [0, 0.05) is 12.6 Å². The van der Waals surface area contributed by atoms with Crippen molar-refractivity contribution in [2.45, 2.75) is 20.8 Å². The van der Waals surface area contributed by atoms with Gasteiger partial charge < -0.3 is 0 Å². The van der Waals surface area contributed by atoms with E-state index in [0.29, 0.717) is 5.92 Å². The molecule has 0 atom stereocenters. The highest BCUT2D eigenvalue weighted by Crippen LogP contribution is 2.34. The number of allylic oxidation sites excluding steroid dienone is 3. The predicted molar refractivity (Wildman–Crippen MR) is 66.8 cm³/mol. The van der Waals surface area contributed by atoms with E-state index in [2.05, 4.69) is 37.8 Å². The lowest BCUT2D eigenvalue weighted by atomic mass is 9.94. The fraction of sp³-hybridized carbons (Fsp3) is 0.417. The van der Waals surface area contributed by atoms with Crippen LogP contribution in [-0.4, -0.2) is 12.1 Å². The molecule has 1 rings (SSSR count). The quantitative estimate of drug-likeness (QED) is 0.671. The third kappa shape index (κ3) is 2.01. The van der Waals surface area contributed by atoms with Crippen molar-refractivity contribution in [1.29, 1.82) is 0 Å². The Hall–Kier alpha value is -0.760. The number of thioether (sulfide) groups is 1. The Balaban J connectivity index is 3.26. The molecule has 0 saturated heterocycles. The summed E-state index contributed by atoms with van der Waals surface area (Å²) in [6.45, 7) is 10.4. The van der Waals surface area contributed by atoms with Gasteiger partial charge in [0.05, 0.1) is 0 Å². The van der Waals surface area contributed by atoms with Crippen molar-refractivity contribution in [2.24, 2.45) is 10.9 Å². The molecule has 0 aromatic carbocycles. The van der Waals surface area contributed by atoms with E-state index < -0.39 is 0 Å². The molecule has 1 aliphatic rings. The minimum atomic E-state index is 0.501. The Morgan fingerprint density at radius 3 is 2.64 bits per heavy atom. The maximum atomic E-state index is 4.29. The van der Waals surface area contributed by atoms with E-state index in [0.717, 1.165) is 5.04 Å². The number of hydrogen-bond donors (Lipinski definition) is 0. The predicted octanol–water partition coefficient (Wildman–Crippen LogP) is 3.80. The second kappa shape index (κ2) is 4.65. The van der Waals surface area contributed by atoms with Gasteiger partial charge in [0.2, 0.25) is 0 Å². The van der Waals surface area contributed by atoms with Crippen LogP contribution >= 0.6 is 11.8 Å². The van der Waals surface area contributed by atoms with Crippen LogP contribution in [0.1, 0.15) is 20.8 Å². The van der Waals surface area contributed by atoms with Crippen LogP contribution in [0.15, 0.2) is 39.8 Å². The van der Waals surface area contributed by atoms with Crippen molar-refractivity contribution in [2.75, 3.05) is 7.05 Å². The minimum absolute atomic E-state index is 0.501. The maximum Gasteiger partial charge on any atom is 0.102 e. The highest BCUT2D eigenvalue weighted by Gasteiger charge is 2.20. The van der Waals surface area contributed by atoms with Gasteiger partial charge in [-0.2, -0.15) is 0 Å². The zero-order chi connectivity index (χ0) is 10.7. The van der Waals surface area contributed by atoms with Crippen LogP contribution in [0.5, 0.6) is 0 Å². The molecule has 0 saturated carbocycles. The SMILES string of the molecule is C=C/C(=C1/C(C)=CS/C1=N/C)C(C)C. The Morgan fingerprint density at radius 2 is 2.21 bits per heavy atom. The van der Waals surface area contributed by atoms with Crippen LogP contribution in [0.4, 0.5) is 0 Å². The number of rotatable bonds is 2. The molecular formula is C12H17NS. The Kier molecular flexibility index (Phi) is 3.76. The molecule has 0 aromatic rings. The van der Waals surface area contributed by atoms with Gasteiger partial charge >= 0.3 is 0 Å². The zero-order valence-corrected chi connectivity index (χ0v) is 10.1. The standard InChI is InChI=1S/C12H17NS/c1-6-10(8(2)3)11-9(4)7-14-12(11)13-5/h6-8H,1H2,2-5H3/b11-10+,13-12+. The fourth-order valence-electron chi connectivity index (χ4n) is 1.57. The highest BCUT2D eigenvalue weighted by molar-refractivity contribution is 8.17. The third-order valence-electron chi connectivity index (χ3n) is 2.29. The normalized spacial score (nSPS) is 22.9. The number of hydrogen-bond acceptors (Lipinski definition) is 2. The lowest BCUT2D eigenvalue weighted by molar-refractivity contribution is 0.787. The third-order valence-corrected chi connectivity index (χ3v) is 3.37. The number of nitrogens with zero attached hydrogens (tertiary/aromatic N) is 1. The summed E-state index contributed by atoms with van der Waals surface area (Å²) in [7, 11) is 1.84. The molecule has 0 spiro atoms. The van der Waals surface area contributed by atoms with Crippen molar-refractivity contribution in [3.8, 4) is 0 Å². The molecule has 0 fully saturated rings. The van der Waals surface area contributed by atoms with E-state index in [9.17, 15) is 0 Å². The van der Waals surface area contributed by atoms with Crippen molar-refractivity contribution in [3.63, 3.8) is 0 Å². The summed E-state index contributed by atoms with van der Waals surface area (Å²) in [4.78, 5) is 4.29. The smallest absolute Gasteiger partial charge is 0.102 e. The van der Waals surface area contributed by atoms with Crippen LogP contribution in [0.25, 0.3) is 0 Å². The van der Waals surface area contributed by atoms with Crippen molar-refractivity contribution < 1.29 is 0 Å². The Labute approximate surface area is 90.7 Å². The molecule has 1 aliphatic heterocycles. The first-order valence-corrected chi connectivity index (χ1v) is 5.67. The molecule has 0 amide bonds. The van der Waals surface area contributed by atoms with Gasteiger partial charge in [0.15, 0.2) is 0 Å². The van der Waals surface area contributed by atoms with E-state index in [1.54, 1.807) is 11.8 Å². The first-order chi connectivity index (χ1) is 6.61. The van der Waals surface area contributed by atoms with Crippen molar-refractivity contribution >= 4 is 16.8 Å². The molecule has 76 valence electrons. The topological polar surface area (TPSA) is 12.4 Å². The second-order valence-corrected chi connectivity index (χ2v) is 4.49. The van der Waals surface area contributed by atoms with E-state index in [1.165, 1.54) is 16.7 Å². The lowest BCUT2D eigenvalue weighted by Gasteiger charge is -2.12. The molecule has 0 aromatic heterocycles. The second-order valence-electron chi connectivity index (χ2n) is 3.64. The van der Waals surface area contributed by atoms with Gasteiger partial charge in [-0.1, -0.05) is 38.3 Å². The summed E-state index contributed by atoms with van der Waals surface area (Å²) < 4.78 is 0. The van der Waals surface area contributed by atoms with Crippen LogP contribution in [-0.2, 0) is 0 Å². The minimum Gasteiger partial charge on any atom is -0.281 e. The van der Waals surface area contributed by atoms with Gasteiger partial charge in [0.1, 0.15) is 5.04 Å². The molecular weight excluding hydrogens is 190 g/mol. The Bertz CT molecular complexity index is 332. The van der Waals surface area contributed by atoms with E-state index in [1.807, 2.05) is 13.1 Å². The summed E-state index contributed by atoms with van der Waals surface area (Å²) in [6, 6.07) is 0. The summed E-state index contributed by atoms with van der Waals surface area (Å²) in [5.74, 6) is 0.501. The molecule has 1 heterocycles. The van der Waals surface area contributed by atoms with Gasteiger partial charge in [0.25, 0.3) is 0 Å². The highest BCUT2D eigenvalue weighted by atomic mass is 32.2. The largest absolute Gasteiger partial charge is 0.281 e. The summed E-state index contributed by atoms with van der Waals surface area (Å²) in [6.07, 6.45) is 1.95. The molecule has 0 bridgehead atoms. The summed E-state index contributed by atoms with van der Waals surface area (Å²) in [5.41, 5.74) is 3.88. The average Bonchev–Trinajstić information content (AvgIpc) is 2.49. The van der Waals surface area contributed by atoms with E-state index >= 15 is 0 Å². The average molecular weight is 207 g/mol. The van der Waals surface area contributed by atoms with Crippen LogP contribution in [0, 0.1) is 5.92 Å². The fourth-order valence-corrected chi connectivity index (χ4v) is 2.48. The van der Waals surface area contributed by atoms with Crippen LogP contribution < -0.4 is 0 Å². The first-order valence-electron chi connectivity index (χ1n) is 4.79. The Morgan fingerprint density at radius 1 is 1.57 bits per heavy atom. The molecule has 1 nitrogen and oxygen atoms in total. The molecule has 0 aliphatic carbocycles. The summed E-state index contributed by atoms with van der Waals surface area (Å²) >= 11 is 1.70. The molecule has 0 N–H and O–H groups in total. The molecule has 14 heavy (non-hydrogen) atoms. The molecule has 0 unspecified atom stereocenters. The summed E-state index contributed by atoms with van der Waals surface area (Å²) in [5, 5.41) is 3.27. The van der Waals surface area contributed by atoms with Gasteiger partial charge in [-0.15, -0.1) is 0 Å². The van der Waals surface area contributed by atoms with Crippen LogP contribution in [0.3, 0.4) is 0 Å². The zero-order valence-electron chi connectivity index (χ0n) is 9.29. The van der Waals surface area contributed by atoms with Gasteiger partial charge in [-0.05, 0) is 29.4 Å². The van der Waals surface area contributed by atoms with E-state index in [-0.39, 0.29) is 0 Å².